The van der Waals surface area contributed by atoms with Gasteiger partial charge in [-0.15, -0.1) is 0 Å². The van der Waals surface area contributed by atoms with Crippen LogP contribution in [-0.4, -0.2) is 83.9 Å². The average molecular weight is 360 g/mol. The SMILES string of the molecule is COc1ccc(CN2CC3(CN(CC(C)C)CC4CC(O)CN43)C2)cc1. The van der Waals surface area contributed by atoms with E-state index in [0.29, 0.717) is 12.0 Å². The second kappa shape index (κ2) is 7.12. The molecule has 5 heteroatoms. The maximum atomic E-state index is 10.2. The van der Waals surface area contributed by atoms with E-state index in [1.165, 1.54) is 12.1 Å². The number of aliphatic hydroxyl groups excluding tert-OH is 1. The lowest BCUT2D eigenvalue weighted by molar-refractivity contribution is -0.117. The summed E-state index contributed by atoms with van der Waals surface area (Å²) in [6.07, 6.45) is 0.793. The van der Waals surface area contributed by atoms with Crippen LogP contribution in [0.15, 0.2) is 24.3 Å². The van der Waals surface area contributed by atoms with Gasteiger partial charge in [0.15, 0.2) is 0 Å². The van der Waals surface area contributed by atoms with Gasteiger partial charge in [-0.1, -0.05) is 26.0 Å². The summed E-state index contributed by atoms with van der Waals surface area (Å²) in [4.78, 5) is 7.83. The zero-order valence-electron chi connectivity index (χ0n) is 16.4. The summed E-state index contributed by atoms with van der Waals surface area (Å²) < 4.78 is 5.26. The number of hydrogen-bond acceptors (Lipinski definition) is 5. The molecule has 1 aromatic carbocycles. The van der Waals surface area contributed by atoms with Crippen LogP contribution in [0.25, 0.3) is 0 Å². The molecular formula is C21H33N3O2. The van der Waals surface area contributed by atoms with E-state index >= 15 is 0 Å². The molecule has 0 radical (unpaired) electrons. The second-order valence-electron chi connectivity index (χ2n) is 9.00. The molecule has 5 nitrogen and oxygen atoms in total. The van der Waals surface area contributed by atoms with Gasteiger partial charge in [0.25, 0.3) is 0 Å². The van der Waals surface area contributed by atoms with Crippen molar-refractivity contribution in [2.45, 2.75) is 44.5 Å². The maximum absolute atomic E-state index is 10.2. The number of piperazine rings is 1. The van der Waals surface area contributed by atoms with E-state index < -0.39 is 0 Å². The largest absolute Gasteiger partial charge is 0.497 e. The van der Waals surface area contributed by atoms with Crippen molar-refractivity contribution in [1.29, 1.82) is 0 Å². The van der Waals surface area contributed by atoms with Crippen LogP contribution in [0.2, 0.25) is 0 Å². The second-order valence-corrected chi connectivity index (χ2v) is 9.00. The van der Waals surface area contributed by atoms with Crippen molar-refractivity contribution in [1.82, 2.24) is 14.7 Å². The lowest BCUT2D eigenvalue weighted by Gasteiger charge is -2.61. The van der Waals surface area contributed by atoms with Gasteiger partial charge >= 0.3 is 0 Å². The van der Waals surface area contributed by atoms with Crippen molar-refractivity contribution in [2.75, 3.05) is 46.4 Å². The molecule has 0 bridgehead atoms. The summed E-state index contributed by atoms with van der Waals surface area (Å²) in [5.41, 5.74) is 1.58. The third kappa shape index (κ3) is 3.50. The number of nitrogens with zero attached hydrogens (tertiary/aromatic N) is 3. The highest BCUT2D eigenvalue weighted by molar-refractivity contribution is 5.27. The zero-order valence-corrected chi connectivity index (χ0v) is 16.4. The Balaban J connectivity index is 1.41. The molecule has 3 aliphatic rings. The summed E-state index contributed by atoms with van der Waals surface area (Å²) in [5, 5.41) is 10.2. The van der Waals surface area contributed by atoms with Gasteiger partial charge in [0.1, 0.15) is 5.75 Å². The van der Waals surface area contributed by atoms with Crippen LogP contribution >= 0.6 is 0 Å². The molecule has 0 aromatic heterocycles. The molecule has 2 atom stereocenters. The number of benzene rings is 1. The molecule has 26 heavy (non-hydrogen) atoms. The van der Waals surface area contributed by atoms with Crippen molar-refractivity contribution < 1.29 is 9.84 Å². The summed E-state index contributed by atoms with van der Waals surface area (Å²) in [6.45, 7) is 12.1. The van der Waals surface area contributed by atoms with Crippen LogP contribution in [-0.2, 0) is 6.54 Å². The van der Waals surface area contributed by atoms with Crippen molar-refractivity contribution in [3.05, 3.63) is 29.8 Å². The van der Waals surface area contributed by atoms with Gasteiger partial charge in [-0.25, -0.2) is 0 Å². The summed E-state index contributed by atoms with van der Waals surface area (Å²) in [6, 6.07) is 8.95. The molecular weight excluding hydrogens is 326 g/mol. The molecule has 144 valence electrons. The number of aliphatic hydroxyl groups is 1. The first-order valence-corrected chi connectivity index (χ1v) is 10.00. The predicted molar refractivity (Wildman–Crippen MR) is 103 cm³/mol. The van der Waals surface area contributed by atoms with E-state index in [-0.39, 0.29) is 11.6 Å². The Morgan fingerprint density at radius 2 is 1.81 bits per heavy atom. The molecule has 0 aliphatic carbocycles. The molecule has 0 amide bonds. The van der Waals surface area contributed by atoms with Gasteiger partial charge in [-0.2, -0.15) is 0 Å². The van der Waals surface area contributed by atoms with Gasteiger partial charge in [0, 0.05) is 51.9 Å². The van der Waals surface area contributed by atoms with E-state index in [4.69, 9.17) is 4.74 Å². The van der Waals surface area contributed by atoms with Crippen molar-refractivity contribution in [3.63, 3.8) is 0 Å². The van der Waals surface area contributed by atoms with E-state index in [9.17, 15) is 5.11 Å². The standard InChI is InChI=1S/C21H33N3O2/c1-16(2)9-22-11-18-8-19(25)12-24(18)21(13-22)14-23(15-21)10-17-4-6-20(26-3)7-5-17/h4-7,16,18-19,25H,8-15H2,1-3H3. The number of fused-ring (bicyclic) bond motifs is 2. The minimum absolute atomic E-state index is 0.147. The summed E-state index contributed by atoms with van der Waals surface area (Å²) in [5.74, 6) is 1.61. The molecule has 4 rings (SSSR count). The first-order valence-electron chi connectivity index (χ1n) is 10.00. The Hall–Kier alpha value is -1.14. The zero-order chi connectivity index (χ0) is 18.3. The van der Waals surface area contributed by atoms with Crippen LogP contribution in [0.1, 0.15) is 25.8 Å². The average Bonchev–Trinajstić information content (AvgIpc) is 2.94. The van der Waals surface area contributed by atoms with E-state index in [0.717, 1.165) is 51.4 Å². The highest BCUT2D eigenvalue weighted by atomic mass is 16.5. The van der Waals surface area contributed by atoms with Gasteiger partial charge in [0.2, 0.25) is 0 Å². The Labute approximate surface area is 157 Å². The molecule has 3 aliphatic heterocycles. The van der Waals surface area contributed by atoms with Gasteiger partial charge in [0.05, 0.1) is 18.8 Å². The number of hydrogen-bond donors (Lipinski definition) is 1. The highest BCUT2D eigenvalue weighted by Crippen LogP contribution is 2.39. The monoisotopic (exact) mass is 359 g/mol. The summed E-state index contributed by atoms with van der Waals surface area (Å²) >= 11 is 0. The number of methoxy groups -OCH3 is 1. The van der Waals surface area contributed by atoms with Crippen LogP contribution in [0.5, 0.6) is 5.75 Å². The molecule has 0 saturated carbocycles. The van der Waals surface area contributed by atoms with Crippen molar-refractivity contribution in [3.8, 4) is 5.75 Å². The fraction of sp³-hybridized carbons (Fsp3) is 0.714. The minimum Gasteiger partial charge on any atom is -0.497 e. The Bertz CT molecular complexity index is 612. The summed E-state index contributed by atoms with van der Waals surface area (Å²) in [7, 11) is 1.71. The normalized spacial score (nSPS) is 29.1. The predicted octanol–water partition coefficient (Wildman–Crippen LogP) is 1.66. The van der Waals surface area contributed by atoms with E-state index in [2.05, 4.69) is 40.7 Å². The van der Waals surface area contributed by atoms with Crippen molar-refractivity contribution in [2.24, 2.45) is 5.92 Å². The lowest BCUT2D eigenvalue weighted by atomic mass is 9.83. The molecule has 1 spiro atoms. The van der Waals surface area contributed by atoms with Crippen LogP contribution in [0.4, 0.5) is 0 Å². The fourth-order valence-electron chi connectivity index (χ4n) is 5.34. The Kier molecular flexibility index (Phi) is 4.99. The Morgan fingerprint density at radius 1 is 1.12 bits per heavy atom. The van der Waals surface area contributed by atoms with Crippen molar-refractivity contribution >= 4 is 0 Å². The first kappa shape index (κ1) is 18.2. The number of rotatable bonds is 5. The van der Waals surface area contributed by atoms with E-state index in [1.54, 1.807) is 7.11 Å². The molecule has 3 fully saturated rings. The highest BCUT2D eigenvalue weighted by Gasteiger charge is 2.55. The number of β-amino-alcohol motifs (C(OH)–C–C–N with tert-alkyl or cyclic N) is 1. The molecule has 1 aromatic rings. The molecule has 3 saturated heterocycles. The third-order valence-corrected chi connectivity index (χ3v) is 6.21. The maximum Gasteiger partial charge on any atom is 0.118 e. The fourth-order valence-corrected chi connectivity index (χ4v) is 5.34. The first-order chi connectivity index (χ1) is 12.5. The topological polar surface area (TPSA) is 39.2 Å². The minimum atomic E-state index is -0.147. The van der Waals surface area contributed by atoms with Gasteiger partial charge in [-0.3, -0.25) is 14.7 Å². The van der Waals surface area contributed by atoms with Gasteiger partial charge in [-0.05, 0) is 30.0 Å². The Morgan fingerprint density at radius 3 is 2.46 bits per heavy atom. The number of ether oxygens (including phenoxy) is 1. The molecule has 3 heterocycles. The number of likely N-dealkylation sites (tertiary alicyclic amines) is 1. The van der Waals surface area contributed by atoms with Crippen LogP contribution < -0.4 is 4.74 Å². The van der Waals surface area contributed by atoms with Crippen LogP contribution in [0.3, 0.4) is 0 Å². The quantitative estimate of drug-likeness (QED) is 0.866. The smallest absolute Gasteiger partial charge is 0.118 e. The van der Waals surface area contributed by atoms with E-state index in [1.807, 2.05) is 12.1 Å². The molecule has 1 N–H and O–H groups in total. The van der Waals surface area contributed by atoms with Gasteiger partial charge < -0.3 is 9.84 Å². The third-order valence-electron chi connectivity index (χ3n) is 6.21. The van der Waals surface area contributed by atoms with Crippen LogP contribution in [0, 0.1) is 5.92 Å². The molecule has 2 unspecified atom stereocenters. The lowest BCUT2D eigenvalue weighted by Crippen LogP contribution is -2.77.